The smallest absolute Gasteiger partial charge is 0.0159 e. The fourth-order valence-corrected chi connectivity index (χ4v) is 30.8. The van der Waals surface area contributed by atoms with Gasteiger partial charge in [-0.2, -0.15) is 0 Å². The topological polar surface area (TPSA) is 0 Å². The number of rotatable bonds is 75. The molecule has 702 valence electrons. The molecule has 1 rings (SSSR count). The van der Waals surface area contributed by atoms with E-state index < -0.39 is 0 Å². The van der Waals surface area contributed by atoms with Crippen molar-refractivity contribution in [3.8, 4) is 0 Å². The lowest BCUT2D eigenvalue weighted by Crippen LogP contribution is -2.52. The van der Waals surface area contributed by atoms with Gasteiger partial charge in [0.15, 0.2) is 0 Å². The van der Waals surface area contributed by atoms with Crippen LogP contribution in [0.25, 0.3) is 0 Å². The lowest BCUT2D eigenvalue weighted by Gasteiger charge is -2.63. The largest absolute Gasteiger partial charge is 0.0654 e. The van der Waals surface area contributed by atoms with Crippen LogP contribution in [0.2, 0.25) is 0 Å². The molecule has 0 heterocycles. The van der Waals surface area contributed by atoms with Crippen molar-refractivity contribution in [1.82, 2.24) is 0 Å². The highest BCUT2D eigenvalue weighted by molar-refractivity contribution is 5.22. The molecule has 4 atom stereocenters. The van der Waals surface area contributed by atoms with Crippen LogP contribution in [0.4, 0.5) is 0 Å². The molecule has 0 saturated heterocycles. The Hall–Kier alpha value is -0.780. The Labute approximate surface area is 750 Å². The Bertz CT molecular complexity index is 2310. The van der Waals surface area contributed by atoms with Crippen LogP contribution in [-0.4, -0.2) is 0 Å². The summed E-state index contributed by atoms with van der Waals surface area (Å²) in [6.45, 7) is 101. The van der Waals surface area contributed by atoms with Crippen molar-refractivity contribution in [2.45, 2.75) is 622 Å². The normalized spacial score (nSPS) is 15.8. The zero-order valence-electron chi connectivity index (χ0n) is 89.6. The van der Waals surface area contributed by atoms with Gasteiger partial charge in [-0.3, -0.25) is 0 Å². The zero-order chi connectivity index (χ0) is 90.4. The highest BCUT2D eigenvalue weighted by atomic mass is 14.7. The summed E-state index contributed by atoms with van der Waals surface area (Å²) in [4.78, 5) is 0. The van der Waals surface area contributed by atoms with Crippen molar-refractivity contribution in [3.63, 3.8) is 0 Å². The summed E-state index contributed by atoms with van der Waals surface area (Å²) in [5, 5.41) is 0. The van der Waals surface area contributed by atoms with Crippen LogP contribution in [0, 0.1) is 98.0 Å². The summed E-state index contributed by atoms with van der Waals surface area (Å²) < 4.78 is 0. The molecule has 0 aliphatic heterocycles. The standard InChI is InChI=1S/C118H230/c1-38-78-99(39-2)81-113(74-37,83-102(41-4,42-5)43-6)94-118(93-112(71-34,72-35)73-36,98-117(90-109(62-25,63-26)64-27,91-110(65-28,66-29)67-30)92-111(68-31,69-32)70-33)97-114(82-100(40-3)101-79-76-75-77-80-101,95-115(84-103(44-7,45-8)46-9,85-104(47-10,48-11)49-12)86-105(50-13,51-14)52-15)96-116(87-106(53-16,54-17)55-18,88-107(56-19,57-20)58-21)89-108(59-22,60-23)61-24/h75-77,79-80,99-100H,38-74,78,81-98H2,1-37H3. The average molecular weight is 1650 g/mol. The predicted octanol–water partition coefficient (Wildman–Crippen LogP) is 42.7. The first-order chi connectivity index (χ1) is 55.9. The molecule has 0 amide bonds. The summed E-state index contributed by atoms with van der Waals surface area (Å²) in [5.74, 6) is 1.18. The van der Waals surface area contributed by atoms with Crippen LogP contribution in [-0.2, 0) is 0 Å². The summed E-state index contributed by atoms with van der Waals surface area (Å²) in [6, 6.07) is 12.8. The molecule has 0 aliphatic rings. The molecule has 0 aromatic heterocycles. The van der Waals surface area contributed by atoms with E-state index in [9.17, 15) is 0 Å². The van der Waals surface area contributed by atoms with Crippen molar-refractivity contribution in [2.75, 3.05) is 0 Å². The molecule has 118 heavy (non-hydrogen) atoms. The van der Waals surface area contributed by atoms with Crippen LogP contribution >= 0.6 is 0 Å². The fourth-order valence-electron chi connectivity index (χ4n) is 30.8. The minimum absolute atomic E-state index is 0.00297. The fraction of sp³-hybridized carbons (Fsp3) is 0.949. The molecular formula is C118H230. The molecule has 0 aliphatic carbocycles. The van der Waals surface area contributed by atoms with Crippen molar-refractivity contribution in [1.29, 1.82) is 0 Å². The minimum atomic E-state index is -0.0501. The first kappa shape index (κ1) is 115. The van der Waals surface area contributed by atoms with E-state index in [0.717, 1.165) is 5.92 Å². The Morgan fingerprint density at radius 2 is 0.314 bits per heavy atom. The minimum Gasteiger partial charge on any atom is -0.0654 e. The van der Waals surface area contributed by atoms with Crippen LogP contribution in [0.3, 0.4) is 0 Å². The molecule has 1 aromatic rings. The second kappa shape index (κ2) is 52.6. The number of benzene rings is 1. The first-order valence-corrected chi connectivity index (χ1v) is 54.9. The third-order valence-corrected chi connectivity index (χ3v) is 41.9. The number of hydrogen-bond donors (Lipinski definition) is 0. The maximum atomic E-state index is 2.86. The number of hydrogen-bond acceptors (Lipinski definition) is 0. The maximum Gasteiger partial charge on any atom is -0.0159 e. The van der Waals surface area contributed by atoms with Crippen molar-refractivity contribution >= 4 is 0 Å². The molecule has 1 aromatic carbocycles. The SMILES string of the molecule is CCCC(CC)CC(CC)(CC(CC)(CC)CC)CC(CC(CC)(CC)CC)(CC(CC(CC)c1ccccc1)(CC(CC(CC)(CC)CC)(CC(CC)(CC)CC)CC(CC)(CC)CC)CC(CC(CC)(CC)CC)(CC(CC)(CC)CC)CC(CC)(CC)CC)CC(CC(CC)(CC)CC)(CC(CC)(CC)CC)CC(CC)(CC)CC. The summed E-state index contributed by atoms with van der Waals surface area (Å²) >= 11 is 0. The third-order valence-electron chi connectivity index (χ3n) is 41.9. The monoisotopic (exact) mass is 1650 g/mol. The van der Waals surface area contributed by atoms with Gasteiger partial charge < -0.3 is 0 Å². The maximum absolute atomic E-state index is 2.86. The van der Waals surface area contributed by atoms with Gasteiger partial charge in [-0.25, -0.2) is 0 Å². The summed E-state index contributed by atoms with van der Waals surface area (Å²) in [7, 11) is 0. The first-order valence-electron chi connectivity index (χ1n) is 54.9. The van der Waals surface area contributed by atoms with Gasteiger partial charge >= 0.3 is 0 Å². The molecule has 0 nitrogen and oxygen atoms in total. The van der Waals surface area contributed by atoms with Gasteiger partial charge in [-0.1, -0.05) is 524 Å². The van der Waals surface area contributed by atoms with Crippen molar-refractivity contribution in [3.05, 3.63) is 35.9 Å². The van der Waals surface area contributed by atoms with E-state index in [4.69, 9.17) is 0 Å². The molecule has 0 N–H and O–H groups in total. The van der Waals surface area contributed by atoms with Gasteiger partial charge in [0.05, 0.1) is 0 Å². The van der Waals surface area contributed by atoms with Gasteiger partial charge in [-0.05, 0) is 231 Å². The van der Waals surface area contributed by atoms with Crippen LogP contribution in [0.5, 0.6) is 0 Å². The summed E-state index contributed by atoms with van der Waals surface area (Å²) in [5.41, 5.74) is 4.84. The van der Waals surface area contributed by atoms with E-state index >= 15 is 0 Å². The highest BCUT2D eigenvalue weighted by Gasteiger charge is 2.62. The van der Waals surface area contributed by atoms with Gasteiger partial charge in [-0.15, -0.1) is 0 Å². The van der Waals surface area contributed by atoms with Gasteiger partial charge in [0.2, 0.25) is 0 Å². The second-order valence-corrected chi connectivity index (χ2v) is 45.3. The Morgan fingerprint density at radius 3 is 0.466 bits per heavy atom. The lowest BCUT2D eigenvalue weighted by atomic mass is 9.42. The van der Waals surface area contributed by atoms with Gasteiger partial charge in [0, 0.05) is 0 Å². The van der Waals surface area contributed by atoms with E-state index in [1.54, 1.807) is 5.56 Å². The van der Waals surface area contributed by atoms with Gasteiger partial charge in [0.25, 0.3) is 0 Å². The van der Waals surface area contributed by atoms with E-state index in [1.165, 1.54) is 360 Å². The second-order valence-electron chi connectivity index (χ2n) is 45.3. The van der Waals surface area contributed by atoms with Crippen LogP contribution in [0.15, 0.2) is 30.3 Å². The van der Waals surface area contributed by atoms with E-state index in [-0.39, 0.29) is 86.6 Å². The zero-order valence-corrected chi connectivity index (χ0v) is 89.6. The van der Waals surface area contributed by atoms with Crippen LogP contribution < -0.4 is 0 Å². The molecule has 0 bridgehead atoms. The van der Waals surface area contributed by atoms with Crippen LogP contribution in [0.1, 0.15) is 627 Å². The molecule has 0 radical (unpaired) electrons. The van der Waals surface area contributed by atoms with E-state index in [0.29, 0.717) is 11.3 Å². The Morgan fingerprint density at radius 1 is 0.161 bits per heavy atom. The molecular weight excluding hydrogens is 1420 g/mol. The Balaban J connectivity index is 7.25. The molecule has 0 heteroatoms. The average Bonchev–Trinajstić information content (AvgIpc) is 0.716. The Kier molecular flexibility index (Phi) is 51.4. The third kappa shape index (κ3) is 29.4. The molecule has 0 saturated carbocycles. The van der Waals surface area contributed by atoms with E-state index in [2.05, 4.69) is 287 Å². The predicted molar refractivity (Wildman–Crippen MR) is 543 cm³/mol. The van der Waals surface area contributed by atoms with E-state index in [1.807, 2.05) is 0 Å². The quantitative estimate of drug-likeness (QED) is 0.0610. The lowest BCUT2D eigenvalue weighted by molar-refractivity contribution is -0.122. The van der Waals surface area contributed by atoms with Crippen molar-refractivity contribution in [2.24, 2.45) is 98.0 Å². The molecule has 0 fully saturated rings. The molecule has 0 spiro atoms. The molecule has 4 unspecified atom stereocenters. The summed E-state index contributed by atoms with van der Waals surface area (Å²) in [6.07, 6.45) is 74.2. The van der Waals surface area contributed by atoms with Gasteiger partial charge in [0.1, 0.15) is 0 Å². The van der Waals surface area contributed by atoms with Crippen molar-refractivity contribution < 1.29 is 0 Å². The highest BCUT2D eigenvalue weighted by Crippen LogP contribution is 2.73.